The van der Waals surface area contributed by atoms with Gasteiger partial charge >= 0.3 is 0 Å². The zero-order valence-electron chi connectivity index (χ0n) is 15.9. The van der Waals surface area contributed by atoms with Crippen molar-refractivity contribution < 1.29 is 9.47 Å². The topological polar surface area (TPSA) is 54.3 Å². The zero-order valence-corrected chi connectivity index (χ0v) is 15.9. The lowest BCUT2D eigenvalue weighted by Crippen LogP contribution is -2.46. The molecule has 1 fully saturated rings. The van der Waals surface area contributed by atoms with E-state index in [2.05, 4.69) is 60.8 Å². The molecule has 0 unspecified atom stereocenters. The van der Waals surface area contributed by atoms with Crippen molar-refractivity contribution in [1.82, 2.24) is 5.32 Å². The lowest BCUT2D eigenvalue weighted by Gasteiger charge is -2.32. The normalized spacial score (nSPS) is 17.8. The largest absolute Gasteiger partial charge is 0.352 e. The van der Waals surface area contributed by atoms with Crippen LogP contribution in [0.1, 0.15) is 45.2 Å². The third-order valence-corrected chi connectivity index (χ3v) is 5.34. The highest BCUT2D eigenvalue weighted by molar-refractivity contribution is 5.86. The monoisotopic (exact) mass is 352 g/mol. The van der Waals surface area contributed by atoms with E-state index >= 15 is 0 Å². The van der Waals surface area contributed by atoms with Crippen molar-refractivity contribution in [3.8, 4) is 6.07 Å². The minimum absolute atomic E-state index is 0.0622. The molecule has 0 bridgehead atoms. The molecule has 0 amide bonds. The summed E-state index contributed by atoms with van der Waals surface area (Å²) in [7, 11) is 0. The third kappa shape index (κ3) is 3.61. The van der Waals surface area contributed by atoms with Gasteiger partial charge in [0.05, 0.1) is 11.5 Å². The number of nitriles is 1. The molecule has 0 spiro atoms. The van der Waals surface area contributed by atoms with E-state index in [-0.39, 0.29) is 23.8 Å². The first-order chi connectivity index (χ1) is 12.7. The van der Waals surface area contributed by atoms with Gasteiger partial charge < -0.3 is 9.47 Å². The molecule has 1 saturated carbocycles. The van der Waals surface area contributed by atoms with Crippen LogP contribution in [0.3, 0.4) is 0 Å². The quantitative estimate of drug-likeness (QED) is 0.672. The molecule has 4 nitrogen and oxygen atoms in total. The number of hydrogen-bond donors (Lipinski definition) is 1. The van der Waals surface area contributed by atoms with E-state index in [0.717, 1.165) is 12.8 Å². The van der Waals surface area contributed by atoms with Crippen LogP contribution in [0.15, 0.2) is 42.5 Å². The lowest BCUT2D eigenvalue weighted by molar-refractivity contribution is -0.179. The molecule has 1 aliphatic rings. The van der Waals surface area contributed by atoms with Gasteiger partial charge in [-0.3, -0.25) is 5.32 Å². The summed E-state index contributed by atoms with van der Waals surface area (Å²) in [6.45, 7) is 7.23. The van der Waals surface area contributed by atoms with Crippen molar-refractivity contribution in [3.63, 3.8) is 0 Å². The average molecular weight is 352 g/mol. The van der Waals surface area contributed by atoms with Crippen LogP contribution in [0.5, 0.6) is 0 Å². The lowest BCUT2D eigenvalue weighted by atomic mass is 9.93. The van der Waals surface area contributed by atoms with Crippen LogP contribution in [0, 0.1) is 16.7 Å². The van der Waals surface area contributed by atoms with Crippen LogP contribution >= 0.6 is 0 Å². The molecule has 0 radical (unpaired) electrons. The number of rotatable bonds is 9. The maximum absolute atomic E-state index is 9.87. The predicted molar refractivity (Wildman–Crippen MR) is 104 cm³/mol. The Morgan fingerprint density at radius 1 is 1.08 bits per heavy atom. The molecule has 2 aromatic rings. The fraction of sp³-hybridized carbons (Fsp3) is 0.500. The molecule has 138 valence electrons. The van der Waals surface area contributed by atoms with Crippen LogP contribution in [0.25, 0.3) is 10.8 Å². The highest BCUT2D eigenvalue weighted by Gasteiger charge is 2.57. The molecule has 0 heterocycles. The second kappa shape index (κ2) is 8.18. The Kier molecular flexibility index (Phi) is 5.93. The molecular formula is C22H28N2O2. The van der Waals surface area contributed by atoms with Gasteiger partial charge in [-0.15, -0.1) is 0 Å². The molecule has 26 heavy (non-hydrogen) atoms. The molecule has 2 atom stereocenters. The van der Waals surface area contributed by atoms with E-state index in [1.807, 2.05) is 13.8 Å². The SMILES string of the molecule is CCOC(OCC)C1([C@H](C#N)N[C@@H](C)c2cccc3ccccc23)CC1. The molecule has 1 N–H and O–H groups in total. The second-order valence-corrected chi connectivity index (χ2v) is 6.99. The third-order valence-electron chi connectivity index (χ3n) is 5.34. The summed E-state index contributed by atoms with van der Waals surface area (Å²) in [6.07, 6.45) is 1.57. The molecule has 0 aromatic heterocycles. The second-order valence-electron chi connectivity index (χ2n) is 6.99. The fourth-order valence-electron chi connectivity index (χ4n) is 3.79. The van der Waals surface area contributed by atoms with E-state index in [9.17, 15) is 5.26 Å². The Morgan fingerprint density at radius 3 is 2.35 bits per heavy atom. The number of ether oxygens (including phenoxy) is 2. The van der Waals surface area contributed by atoms with Gasteiger partial charge in [0.2, 0.25) is 0 Å². The Morgan fingerprint density at radius 2 is 1.73 bits per heavy atom. The number of fused-ring (bicyclic) bond motifs is 1. The fourth-order valence-corrected chi connectivity index (χ4v) is 3.79. The van der Waals surface area contributed by atoms with E-state index in [4.69, 9.17) is 9.47 Å². The van der Waals surface area contributed by atoms with Crippen molar-refractivity contribution in [3.05, 3.63) is 48.0 Å². The maximum atomic E-state index is 9.87. The van der Waals surface area contributed by atoms with Crippen LogP contribution < -0.4 is 5.32 Å². The van der Waals surface area contributed by atoms with Gasteiger partial charge in [-0.1, -0.05) is 42.5 Å². The van der Waals surface area contributed by atoms with Gasteiger partial charge in [-0.2, -0.15) is 5.26 Å². The standard InChI is InChI=1S/C22H28N2O2/c1-4-25-21(26-5-2)22(13-14-22)20(15-23)24-16(3)18-12-8-10-17-9-6-7-11-19(17)18/h6-12,16,20-21,24H,4-5,13-14H2,1-3H3/t16-,20-/m0/s1. The first kappa shape index (κ1) is 18.8. The van der Waals surface area contributed by atoms with Crippen molar-refractivity contribution >= 4 is 10.8 Å². The van der Waals surface area contributed by atoms with E-state index < -0.39 is 0 Å². The molecule has 4 heteroatoms. The Labute approximate surface area is 156 Å². The summed E-state index contributed by atoms with van der Waals surface area (Å²) in [5.41, 5.74) is 0.961. The van der Waals surface area contributed by atoms with Crippen LogP contribution in [0.2, 0.25) is 0 Å². The van der Waals surface area contributed by atoms with Gasteiger partial charge in [0.25, 0.3) is 0 Å². The number of nitrogens with one attached hydrogen (secondary N) is 1. The Bertz CT molecular complexity index is 768. The number of benzene rings is 2. The van der Waals surface area contributed by atoms with Crippen molar-refractivity contribution in [2.24, 2.45) is 5.41 Å². The van der Waals surface area contributed by atoms with Gasteiger partial charge in [0.1, 0.15) is 6.04 Å². The average Bonchev–Trinajstić information content (AvgIpc) is 3.47. The summed E-state index contributed by atoms with van der Waals surface area (Å²) in [6, 6.07) is 16.9. The molecule has 3 rings (SSSR count). The van der Waals surface area contributed by atoms with Crippen molar-refractivity contribution in [1.29, 1.82) is 5.26 Å². The highest BCUT2D eigenvalue weighted by atomic mass is 16.7. The minimum atomic E-state index is -0.325. The number of nitrogens with zero attached hydrogens (tertiary/aromatic N) is 1. The van der Waals surface area contributed by atoms with Crippen LogP contribution in [-0.2, 0) is 9.47 Å². The molecular weight excluding hydrogens is 324 g/mol. The smallest absolute Gasteiger partial charge is 0.165 e. The van der Waals surface area contributed by atoms with E-state index in [0.29, 0.717) is 13.2 Å². The minimum Gasteiger partial charge on any atom is -0.352 e. The van der Waals surface area contributed by atoms with Gasteiger partial charge in [0.15, 0.2) is 6.29 Å². The highest BCUT2D eigenvalue weighted by Crippen LogP contribution is 2.53. The van der Waals surface area contributed by atoms with Gasteiger partial charge in [0, 0.05) is 19.3 Å². The zero-order chi connectivity index (χ0) is 18.6. The summed E-state index contributed by atoms with van der Waals surface area (Å²) in [5, 5.41) is 15.9. The molecule has 2 aromatic carbocycles. The molecule has 0 saturated heterocycles. The Balaban J connectivity index is 1.82. The van der Waals surface area contributed by atoms with Crippen molar-refractivity contribution in [2.45, 2.75) is 52.0 Å². The summed E-state index contributed by atoms with van der Waals surface area (Å²) >= 11 is 0. The Hall–Kier alpha value is -1.93. The summed E-state index contributed by atoms with van der Waals surface area (Å²) in [4.78, 5) is 0. The van der Waals surface area contributed by atoms with Crippen molar-refractivity contribution in [2.75, 3.05) is 13.2 Å². The van der Waals surface area contributed by atoms with Crippen LogP contribution in [0.4, 0.5) is 0 Å². The first-order valence-electron chi connectivity index (χ1n) is 9.52. The summed E-state index contributed by atoms with van der Waals surface area (Å²) in [5.74, 6) is 0. The van der Waals surface area contributed by atoms with Crippen LogP contribution in [-0.4, -0.2) is 25.5 Å². The first-order valence-corrected chi connectivity index (χ1v) is 9.52. The van der Waals surface area contributed by atoms with Gasteiger partial charge in [-0.25, -0.2) is 0 Å². The number of hydrogen-bond acceptors (Lipinski definition) is 4. The van der Waals surface area contributed by atoms with Gasteiger partial charge in [-0.05, 0) is 49.9 Å². The maximum Gasteiger partial charge on any atom is 0.165 e. The predicted octanol–water partition coefficient (Wildman–Crippen LogP) is 4.56. The van der Waals surface area contributed by atoms with E-state index in [1.54, 1.807) is 0 Å². The molecule has 0 aliphatic heterocycles. The molecule has 1 aliphatic carbocycles. The summed E-state index contributed by atoms with van der Waals surface area (Å²) < 4.78 is 11.7. The van der Waals surface area contributed by atoms with E-state index in [1.165, 1.54) is 16.3 Å².